The van der Waals surface area contributed by atoms with Crippen LogP contribution in [0, 0.1) is 29.6 Å². The summed E-state index contributed by atoms with van der Waals surface area (Å²) >= 11 is 0. The van der Waals surface area contributed by atoms with Crippen molar-refractivity contribution >= 4 is 16.6 Å². The monoisotopic (exact) mass is 617 g/mol. The Labute approximate surface area is 265 Å². The van der Waals surface area contributed by atoms with Gasteiger partial charge in [0.2, 0.25) is 11.6 Å². The molecule has 3 aromatic rings. The molecule has 3 heterocycles. The van der Waals surface area contributed by atoms with E-state index in [1.54, 1.807) is 19.6 Å². The molecule has 2 aromatic heterocycles. The van der Waals surface area contributed by atoms with Crippen molar-refractivity contribution in [2.75, 3.05) is 25.5 Å². The molecule has 242 valence electrons. The van der Waals surface area contributed by atoms with Gasteiger partial charge in [-0.2, -0.15) is 19.6 Å². The normalized spacial score (nSPS) is 34.5. The van der Waals surface area contributed by atoms with Crippen LogP contribution >= 0.6 is 0 Å². The highest BCUT2D eigenvalue weighted by Crippen LogP contribution is 2.62. The molecule has 5 aliphatic carbocycles. The molecular formula is C36H47N3O6. The first-order valence-corrected chi connectivity index (χ1v) is 17.2. The number of hydrogen-bond acceptors (Lipinski definition) is 9. The number of aromatic nitrogens is 1. The number of nitrogens with zero attached hydrogens (tertiary/aromatic N) is 1. The average Bonchev–Trinajstić information content (AvgIpc) is 3.59. The van der Waals surface area contributed by atoms with E-state index >= 15 is 0 Å². The second-order valence-corrected chi connectivity index (χ2v) is 14.5. The van der Waals surface area contributed by atoms with Gasteiger partial charge in [0, 0.05) is 59.5 Å². The van der Waals surface area contributed by atoms with Crippen LogP contribution in [0.5, 0.6) is 5.75 Å². The molecule has 9 rings (SSSR count). The van der Waals surface area contributed by atoms with Gasteiger partial charge in [-0.3, -0.25) is 4.98 Å². The molecule has 1 saturated heterocycles. The summed E-state index contributed by atoms with van der Waals surface area (Å²) < 4.78 is 11.2. The molecular weight excluding hydrogens is 570 g/mol. The Morgan fingerprint density at radius 1 is 1.00 bits per heavy atom. The van der Waals surface area contributed by atoms with Crippen molar-refractivity contribution in [1.82, 2.24) is 10.3 Å². The van der Waals surface area contributed by atoms with Crippen molar-refractivity contribution in [3.63, 3.8) is 0 Å². The molecule has 0 radical (unpaired) electrons. The standard InChI is InChI=1S/C36H47N3O6/c1-23(39-31-20-32(40-2)33(27-9-14-41-22-27)30-6-4-13-38-34(30)31)5-3-12-37-21-24-7-10-35(11-8-24)42-44-36(45-43-35)28-16-25-15-26(18-28)19-29(36)17-25/h4,6,9,13-14,20,22-26,28-29,37,39H,3,5,7-8,10-12,15-19,21H2,1-2H3. The molecule has 45 heavy (non-hydrogen) atoms. The van der Waals surface area contributed by atoms with Crippen LogP contribution in [0.15, 0.2) is 47.4 Å². The van der Waals surface area contributed by atoms with E-state index in [9.17, 15) is 0 Å². The van der Waals surface area contributed by atoms with Crippen LogP contribution < -0.4 is 15.4 Å². The third-order valence-electron chi connectivity index (χ3n) is 11.5. The van der Waals surface area contributed by atoms with E-state index in [0.29, 0.717) is 17.8 Å². The Hall–Kier alpha value is -2.69. The fourth-order valence-corrected chi connectivity index (χ4v) is 9.29. The minimum atomic E-state index is -0.740. The van der Waals surface area contributed by atoms with Crippen LogP contribution in [0.25, 0.3) is 22.0 Å². The maximum atomic E-state index is 6.22. The van der Waals surface area contributed by atoms with Crippen molar-refractivity contribution in [2.45, 2.75) is 95.2 Å². The topological polar surface area (TPSA) is 96.2 Å². The van der Waals surface area contributed by atoms with Gasteiger partial charge in [0.05, 0.1) is 30.8 Å². The van der Waals surface area contributed by atoms with Crippen LogP contribution in [-0.2, 0) is 19.6 Å². The first-order valence-electron chi connectivity index (χ1n) is 17.2. The molecule has 1 atom stereocenters. The lowest BCUT2D eigenvalue weighted by Gasteiger charge is -2.60. The molecule has 5 saturated carbocycles. The van der Waals surface area contributed by atoms with E-state index in [0.717, 1.165) is 96.9 Å². The van der Waals surface area contributed by atoms with Gasteiger partial charge < -0.3 is 19.8 Å². The summed E-state index contributed by atoms with van der Waals surface area (Å²) in [6.07, 6.45) is 17.3. The third-order valence-corrected chi connectivity index (χ3v) is 11.5. The van der Waals surface area contributed by atoms with E-state index < -0.39 is 11.6 Å². The summed E-state index contributed by atoms with van der Waals surface area (Å²) in [6.45, 7) is 4.23. The zero-order valence-corrected chi connectivity index (χ0v) is 26.6. The molecule has 2 N–H and O–H groups in total. The minimum absolute atomic E-state index is 0.286. The molecule has 6 fully saturated rings. The van der Waals surface area contributed by atoms with Crippen molar-refractivity contribution in [1.29, 1.82) is 0 Å². The Morgan fingerprint density at radius 3 is 2.44 bits per heavy atom. The number of anilines is 1. The Kier molecular flexibility index (Phi) is 8.02. The number of rotatable bonds is 10. The van der Waals surface area contributed by atoms with Gasteiger partial charge in [0.25, 0.3) is 0 Å². The van der Waals surface area contributed by atoms with Crippen LogP contribution in [0.1, 0.15) is 77.6 Å². The van der Waals surface area contributed by atoms with Gasteiger partial charge in [-0.25, -0.2) is 0 Å². The second-order valence-electron chi connectivity index (χ2n) is 14.5. The lowest BCUT2D eigenvalue weighted by molar-refractivity contribution is -0.680. The number of benzene rings is 1. The summed E-state index contributed by atoms with van der Waals surface area (Å²) in [5, 5.41) is 8.44. The third kappa shape index (κ3) is 5.54. The van der Waals surface area contributed by atoms with Gasteiger partial charge in [0.1, 0.15) is 5.75 Å². The summed E-state index contributed by atoms with van der Waals surface area (Å²) in [6, 6.07) is 8.35. The number of methoxy groups -OCH3 is 1. The predicted molar refractivity (Wildman–Crippen MR) is 170 cm³/mol. The van der Waals surface area contributed by atoms with E-state index in [-0.39, 0.29) is 6.04 Å². The highest BCUT2D eigenvalue weighted by molar-refractivity contribution is 6.04. The van der Waals surface area contributed by atoms with Gasteiger partial charge in [0.15, 0.2) is 0 Å². The van der Waals surface area contributed by atoms with Gasteiger partial charge in [-0.15, -0.1) is 0 Å². The summed E-state index contributed by atoms with van der Waals surface area (Å²) in [5.74, 6) is 2.52. The number of nitrogens with one attached hydrogen (secondary N) is 2. The highest BCUT2D eigenvalue weighted by atomic mass is 17.4. The fraction of sp³-hybridized carbons (Fsp3) is 0.639. The lowest BCUT2D eigenvalue weighted by Crippen LogP contribution is -2.64. The SMILES string of the molecule is COc1cc(NC(C)CCCNCC2CCC3(CC2)OOC2(OO3)C3CC4CC(C3)CC2C4)c2ncccc2c1-c1ccoc1. The van der Waals surface area contributed by atoms with Crippen molar-refractivity contribution in [2.24, 2.45) is 29.6 Å². The predicted octanol–water partition coefficient (Wildman–Crippen LogP) is 7.62. The molecule has 0 amide bonds. The molecule has 2 spiro atoms. The van der Waals surface area contributed by atoms with Crippen molar-refractivity contribution in [3.05, 3.63) is 43.0 Å². The van der Waals surface area contributed by atoms with E-state index in [1.165, 1.54) is 32.1 Å². The van der Waals surface area contributed by atoms with Crippen LogP contribution in [0.2, 0.25) is 0 Å². The minimum Gasteiger partial charge on any atom is -0.496 e. The highest BCUT2D eigenvalue weighted by Gasteiger charge is 2.64. The van der Waals surface area contributed by atoms with Crippen molar-refractivity contribution < 1.29 is 28.7 Å². The second kappa shape index (κ2) is 12.2. The quantitative estimate of drug-likeness (QED) is 0.176. The van der Waals surface area contributed by atoms with E-state index in [4.69, 9.17) is 33.7 Å². The number of hydrogen-bond donors (Lipinski definition) is 2. The molecule has 9 nitrogen and oxygen atoms in total. The summed E-state index contributed by atoms with van der Waals surface area (Å²) in [7, 11) is 1.71. The summed E-state index contributed by atoms with van der Waals surface area (Å²) in [4.78, 5) is 29.4. The van der Waals surface area contributed by atoms with Gasteiger partial charge in [-0.05, 0) is 108 Å². The molecule has 9 heteroatoms. The van der Waals surface area contributed by atoms with Gasteiger partial charge in [-0.1, -0.05) is 6.07 Å². The molecule has 6 aliphatic rings. The average molecular weight is 618 g/mol. The van der Waals surface area contributed by atoms with Crippen molar-refractivity contribution in [3.8, 4) is 16.9 Å². The molecule has 1 aliphatic heterocycles. The zero-order chi connectivity index (χ0) is 30.4. The van der Waals surface area contributed by atoms with E-state index in [2.05, 4.69) is 29.7 Å². The number of ether oxygens (including phenoxy) is 1. The lowest BCUT2D eigenvalue weighted by atomic mass is 9.53. The van der Waals surface area contributed by atoms with Crippen LogP contribution in [0.3, 0.4) is 0 Å². The Balaban J connectivity index is 0.783. The molecule has 1 unspecified atom stereocenters. The van der Waals surface area contributed by atoms with Crippen LogP contribution in [-0.4, -0.2) is 42.8 Å². The summed E-state index contributed by atoms with van der Waals surface area (Å²) in [5.41, 5.74) is 3.90. The van der Waals surface area contributed by atoms with Crippen LogP contribution in [0.4, 0.5) is 5.69 Å². The van der Waals surface area contributed by atoms with Gasteiger partial charge >= 0.3 is 0 Å². The molecule has 1 aromatic carbocycles. The first-order chi connectivity index (χ1) is 22.0. The Morgan fingerprint density at radius 2 is 1.76 bits per heavy atom. The number of pyridine rings is 1. The first kappa shape index (κ1) is 29.7. The number of fused-ring (bicyclic) bond motifs is 1. The number of furan rings is 1. The maximum Gasteiger partial charge on any atom is 0.239 e. The fourth-order valence-electron chi connectivity index (χ4n) is 9.29. The Bertz CT molecular complexity index is 1430. The zero-order valence-electron chi connectivity index (χ0n) is 26.6. The molecule has 4 bridgehead atoms. The van der Waals surface area contributed by atoms with E-state index in [1.807, 2.05) is 18.3 Å². The largest absolute Gasteiger partial charge is 0.496 e. The smallest absolute Gasteiger partial charge is 0.239 e. The maximum absolute atomic E-state index is 6.22.